The molecule has 0 unspecified atom stereocenters. The number of nitrogens with zero attached hydrogens (tertiary/aromatic N) is 1. The van der Waals surface area contributed by atoms with Crippen molar-refractivity contribution in [2.24, 2.45) is 4.99 Å². The first-order chi connectivity index (χ1) is 13.2. The molecule has 0 spiro atoms. The Morgan fingerprint density at radius 1 is 1.04 bits per heavy atom. The normalized spacial score (nSPS) is 11.3. The van der Waals surface area contributed by atoms with Gasteiger partial charge in [0, 0.05) is 26.7 Å². The summed E-state index contributed by atoms with van der Waals surface area (Å²) in [6.07, 6.45) is 1.89. The summed E-state index contributed by atoms with van der Waals surface area (Å²) < 4.78 is 21.3. The molecule has 0 aliphatic heterocycles. The van der Waals surface area contributed by atoms with Crippen molar-refractivity contribution in [3.05, 3.63) is 23.8 Å². The van der Waals surface area contributed by atoms with Gasteiger partial charge in [0.15, 0.2) is 17.5 Å². The first-order valence-electron chi connectivity index (χ1n) is 9.63. The molecular formula is C20H35N3O4. The Morgan fingerprint density at radius 3 is 2.59 bits per heavy atom. The predicted octanol–water partition coefficient (Wildman–Crippen LogP) is 2.24. The third-order valence-electron chi connectivity index (χ3n) is 3.74. The Morgan fingerprint density at radius 2 is 1.89 bits per heavy atom. The average molecular weight is 382 g/mol. The third kappa shape index (κ3) is 10.1. The van der Waals surface area contributed by atoms with Crippen molar-refractivity contribution < 1.29 is 18.9 Å². The third-order valence-corrected chi connectivity index (χ3v) is 3.74. The van der Waals surface area contributed by atoms with Crippen LogP contribution in [0.5, 0.6) is 11.5 Å². The first-order valence-corrected chi connectivity index (χ1v) is 9.63. The summed E-state index contributed by atoms with van der Waals surface area (Å²) in [5.41, 5.74) is 1.22. The average Bonchev–Trinajstić information content (AvgIpc) is 2.68. The van der Waals surface area contributed by atoms with E-state index < -0.39 is 0 Å². The highest BCUT2D eigenvalue weighted by Crippen LogP contribution is 2.28. The molecule has 0 aromatic heterocycles. The van der Waals surface area contributed by atoms with Gasteiger partial charge in [0.2, 0.25) is 0 Å². The van der Waals surface area contributed by atoms with Crippen molar-refractivity contribution in [1.29, 1.82) is 0 Å². The van der Waals surface area contributed by atoms with Crippen LogP contribution < -0.4 is 20.1 Å². The summed E-state index contributed by atoms with van der Waals surface area (Å²) in [7, 11) is 3.32. The molecule has 0 aliphatic rings. The molecule has 154 valence electrons. The van der Waals surface area contributed by atoms with Gasteiger partial charge in [-0.05, 0) is 44.4 Å². The highest BCUT2D eigenvalue weighted by atomic mass is 16.5. The second-order valence-corrected chi connectivity index (χ2v) is 5.81. The van der Waals surface area contributed by atoms with E-state index in [1.54, 1.807) is 14.2 Å². The molecule has 2 N–H and O–H groups in total. The molecule has 0 radical (unpaired) electrons. The molecule has 0 saturated carbocycles. The van der Waals surface area contributed by atoms with Crippen LogP contribution in [-0.2, 0) is 15.9 Å². The van der Waals surface area contributed by atoms with Crippen LogP contribution in [0.25, 0.3) is 0 Å². The lowest BCUT2D eigenvalue weighted by molar-refractivity contribution is 0.0733. The van der Waals surface area contributed by atoms with Crippen molar-refractivity contribution in [3.63, 3.8) is 0 Å². The molecule has 0 atom stereocenters. The van der Waals surface area contributed by atoms with E-state index in [1.165, 1.54) is 5.56 Å². The fraction of sp³-hybridized carbons (Fsp3) is 0.650. The topological polar surface area (TPSA) is 73.3 Å². The number of rotatable bonds is 14. The minimum Gasteiger partial charge on any atom is -0.493 e. The van der Waals surface area contributed by atoms with E-state index in [-0.39, 0.29) is 0 Å². The van der Waals surface area contributed by atoms with Gasteiger partial charge >= 0.3 is 0 Å². The van der Waals surface area contributed by atoms with E-state index in [0.29, 0.717) is 33.0 Å². The maximum atomic E-state index is 5.63. The molecule has 7 nitrogen and oxygen atoms in total. The SMILES string of the molecule is CCNC(=NCCCc1ccc(OC)c(OCC)c1)NCCOCCOC. The lowest BCUT2D eigenvalue weighted by atomic mass is 10.1. The number of hydrogen-bond donors (Lipinski definition) is 2. The van der Waals surface area contributed by atoms with Gasteiger partial charge < -0.3 is 29.6 Å². The van der Waals surface area contributed by atoms with Crippen molar-refractivity contribution in [1.82, 2.24) is 10.6 Å². The zero-order valence-electron chi connectivity index (χ0n) is 17.2. The van der Waals surface area contributed by atoms with Crippen LogP contribution in [0, 0.1) is 0 Å². The molecule has 1 aromatic carbocycles. The van der Waals surface area contributed by atoms with Gasteiger partial charge in [-0.3, -0.25) is 4.99 Å². The van der Waals surface area contributed by atoms with Crippen LogP contribution in [0.1, 0.15) is 25.8 Å². The number of aliphatic imine (C=N–C) groups is 1. The molecule has 0 heterocycles. The first kappa shape index (κ1) is 23.0. The van der Waals surface area contributed by atoms with E-state index in [9.17, 15) is 0 Å². The van der Waals surface area contributed by atoms with Crippen LogP contribution in [0.4, 0.5) is 0 Å². The van der Waals surface area contributed by atoms with E-state index >= 15 is 0 Å². The van der Waals surface area contributed by atoms with Gasteiger partial charge in [-0.15, -0.1) is 0 Å². The van der Waals surface area contributed by atoms with Crippen molar-refractivity contribution in [3.8, 4) is 11.5 Å². The number of ether oxygens (including phenoxy) is 4. The smallest absolute Gasteiger partial charge is 0.191 e. The number of methoxy groups -OCH3 is 2. The Kier molecular flexibility index (Phi) is 12.9. The molecule has 1 aromatic rings. The molecule has 0 bridgehead atoms. The highest BCUT2D eigenvalue weighted by Gasteiger charge is 2.05. The zero-order chi connectivity index (χ0) is 19.7. The molecule has 0 fully saturated rings. The van der Waals surface area contributed by atoms with Crippen molar-refractivity contribution >= 4 is 5.96 Å². The van der Waals surface area contributed by atoms with Crippen LogP contribution in [0.15, 0.2) is 23.2 Å². The number of nitrogens with one attached hydrogen (secondary N) is 2. The summed E-state index contributed by atoms with van der Waals surface area (Å²) in [5.74, 6) is 2.38. The maximum Gasteiger partial charge on any atom is 0.191 e. The Bertz CT molecular complexity index is 538. The molecular weight excluding hydrogens is 346 g/mol. The number of benzene rings is 1. The monoisotopic (exact) mass is 381 g/mol. The van der Waals surface area contributed by atoms with Gasteiger partial charge in [0.1, 0.15) is 0 Å². The van der Waals surface area contributed by atoms with Crippen LogP contribution >= 0.6 is 0 Å². The van der Waals surface area contributed by atoms with Crippen LogP contribution in [-0.4, -0.2) is 66.2 Å². The van der Waals surface area contributed by atoms with Crippen LogP contribution in [0.3, 0.4) is 0 Å². The van der Waals surface area contributed by atoms with E-state index in [0.717, 1.165) is 43.4 Å². The predicted molar refractivity (Wildman–Crippen MR) is 109 cm³/mol. The van der Waals surface area contributed by atoms with Gasteiger partial charge in [0.25, 0.3) is 0 Å². The standard InChI is InChI=1S/C20H35N3O4/c1-5-21-20(23-12-13-26-15-14-24-3)22-11-7-8-17-9-10-18(25-4)19(16-17)27-6-2/h9-10,16H,5-8,11-15H2,1-4H3,(H2,21,22,23). The molecule has 0 aliphatic carbocycles. The molecule has 7 heteroatoms. The molecule has 1 rings (SSSR count). The summed E-state index contributed by atoms with van der Waals surface area (Å²) in [6.45, 7) is 8.78. The maximum absolute atomic E-state index is 5.63. The fourth-order valence-electron chi connectivity index (χ4n) is 2.45. The molecule has 0 amide bonds. The van der Waals surface area contributed by atoms with Gasteiger partial charge in [0.05, 0.1) is 33.5 Å². The Hall–Kier alpha value is -1.99. The number of guanidine groups is 1. The molecule has 0 saturated heterocycles. The van der Waals surface area contributed by atoms with E-state index in [2.05, 4.69) is 28.6 Å². The van der Waals surface area contributed by atoms with Crippen molar-refractivity contribution in [2.75, 3.05) is 60.3 Å². The zero-order valence-corrected chi connectivity index (χ0v) is 17.2. The second-order valence-electron chi connectivity index (χ2n) is 5.81. The minimum absolute atomic E-state index is 0.609. The summed E-state index contributed by atoms with van der Waals surface area (Å²) >= 11 is 0. The number of aryl methyl sites for hydroxylation is 1. The summed E-state index contributed by atoms with van der Waals surface area (Å²) in [5, 5.41) is 6.52. The summed E-state index contributed by atoms with van der Waals surface area (Å²) in [6, 6.07) is 6.08. The largest absolute Gasteiger partial charge is 0.493 e. The van der Waals surface area contributed by atoms with Crippen molar-refractivity contribution in [2.45, 2.75) is 26.7 Å². The lowest BCUT2D eigenvalue weighted by Crippen LogP contribution is -2.39. The van der Waals surface area contributed by atoms with E-state index in [1.807, 2.05) is 19.1 Å². The second kappa shape index (κ2) is 15.1. The quantitative estimate of drug-likeness (QED) is 0.293. The van der Waals surface area contributed by atoms with Gasteiger partial charge in [-0.2, -0.15) is 0 Å². The Labute approximate surface area is 163 Å². The summed E-state index contributed by atoms with van der Waals surface area (Å²) in [4.78, 5) is 4.61. The van der Waals surface area contributed by atoms with E-state index in [4.69, 9.17) is 18.9 Å². The van der Waals surface area contributed by atoms with Gasteiger partial charge in [-0.25, -0.2) is 0 Å². The molecule has 27 heavy (non-hydrogen) atoms. The highest BCUT2D eigenvalue weighted by molar-refractivity contribution is 5.79. The lowest BCUT2D eigenvalue weighted by Gasteiger charge is -2.12. The van der Waals surface area contributed by atoms with Crippen LogP contribution in [0.2, 0.25) is 0 Å². The fourth-order valence-corrected chi connectivity index (χ4v) is 2.45. The number of hydrogen-bond acceptors (Lipinski definition) is 5. The Balaban J connectivity index is 2.39. The van der Waals surface area contributed by atoms with Gasteiger partial charge in [-0.1, -0.05) is 6.07 Å². The minimum atomic E-state index is 0.609.